The summed E-state index contributed by atoms with van der Waals surface area (Å²) in [6.45, 7) is 0.303. The molecule has 0 atom stereocenters. The van der Waals surface area contributed by atoms with E-state index in [-0.39, 0.29) is 5.97 Å². The number of esters is 1. The number of rotatable bonds is 1. The highest BCUT2D eigenvalue weighted by Gasteiger charge is 2.18. The number of aliphatic imine (C=N–C) groups is 1. The first kappa shape index (κ1) is 10.9. The Morgan fingerprint density at radius 1 is 1.47 bits per heavy atom. The van der Waals surface area contributed by atoms with Crippen LogP contribution in [0.2, 0.25) is 5.02 Å². The number of cyclic esters (lactones) is 1. The van der Waals surface area contributed by atoms with E-state index in [1.54, 1.807) is 6.07 Å². The highest BCUT2D eigenvalue weighted by atomic mass is 127. The van der Waals surface area contributed by atoms with Crippen LogP contribution in [0.4, 0.5) is 5.69 Å². The minimum atomic E-state index is -0.210. The summed E-state index contributed by atoms with van der Waals surface area (Å²) in [4.78, 5) is 15.2. The van der Waals surface area contributed by atoms with E-state index in [0.717, 1.165) is 15.0 Å². The van der Waals surface area contributed by atoms with Gasteiger partial charge in [0.15, 0.2) is 0 Å². The highest BCUT2D eigenvalue weighted by Crippen LogP contribution is 2.25. The maximum absolute atomic E-state index is 10.9. The number of halogens is 2. The van der Waals surface area contributed by atoms with Crippen LogP contribution in [-0.4, -0.2) is 18.3 Å². The van der Waals surface area contributed by atoms with Crippen LogP contribution in [0.25, 0.3) is 0 Å². The number of nitrogens with zero attached hydrogens (tertiary/aromatic N) is 1. The first-order valence-corrected chi connectivity index (χ1v) is 5.78. The SMILES string of the molecule is O=C1CC(=Nc2ccc(Cl)cc2I)CO1. The Balaban J connectivity index is 2.27. The summed E-state index contributed by atoms with van der Waals surface area (Å²) in [6, 6.07) is 5.44. The summed E-state index contributed by atoms with van der Waals surface area (Å²) < 4.78 is 5.77. The topological polar surface area (TPSA) is 38.7 Å². The predicted octanol–water partition coefficient (Wildman–Crippen LogP) is 2.96. The molecule has 0 amide bonds. The van der Waals surface area contributed by atoms with Gasteiger partial charge in [-0.3, -0.25) is 9.79 Å². The van der Waals surface area contributed by atoms with Crippen LogP contribution in [0, 0.1) is 3.57 Å². The average molecular weight is 336 g/mol. The fraction of sp³-hybridized carbons (Fsp3) is 0.200. The van der Waals surface area contributed by atoms with Crippen molar-refractivity contribution in [2.24, 2.45) is 4.99 Å². The summed E-state index contributed by atoms with van der Waals surface area (Å²) in [6.07, 6.45) is 0.290. The van der Waals surface area contributed by atoms with Gasteiger partial charge in [0.05, 0.1) is 17.8 Å². The monoisotopic (exact) mass is 335 g/mol. The number of ether oxygens (including phenoxy) is 1. The van der Waals surface area contributed by atoms with Crippen LogP contribution in [0.3, 0.4) is 0 Å². The molecule has 1 heterocycles. The van der Waals surface area contributed by atoms with Gasteiger partial charge >= 0.3 is 5.97 Å². The second-order valence-corrected chi connectivity index (χ2v) is 4.71. The Morgan fingerprint density at radius 2 is 2.27 bits per heavy atom. The maximum atomic E-state index is 10.9. The van der Waals surface area contributed by atoms with Gasteiger partial charge in [0.1, 0.15) is 6.61 Å². The molecule has 5 heteroatoms. The zero-order valence-corrected chi connectivity index (χ0v) is 10.6. The Hall–Kier alpha value is -0.620. The molecule has 0 saturated carbocycles. The van der Waals surface area contributed by atoms with E-state index < -0.39 is 0 Å². The van der Waals surface area contributed by atoms with Gasteiger partial charge in [0, 0.05) is 8.59 Å². The Morgan fingerprint density at radius 3 is 2.87 bits per heavy atom. The molecule has 2 rings (SSSR count). The van der Waals surface area contributed by atoms with E-state index in [9.17, 15) is 4.79 Å². The average Bonchev–Trinajstić information content (AvgIpc) is 2.56. The molecular formula is C10H7ClINO2. The second-order valence-electron chi connectivity index (χ2n) is 3.11. The smallest absolute Gasteiger partial charge is 0.312 e. The summed E-state index contributed by atoms with van der Waals surface area (Å²) in [5.41, 5.74) is 1.59. The van der Waals surface area contributed by atoms with Gasteiger partial charge in [-0.05, 0) is 40.8 Å². The zero-order valence-electron chi connectivity index (χ0n) is 7.67. The van der Waals surface area contributed by atoms with Gasteiger partial charge in [-0.25, -0.2) is 0 Å². The van der Waals surface area contributed by atoms with Crippen LogP contribution in [0.1, 0.15) is 6.42 Å². The number of hydrogen-bond acceptors (Lipinski definition) is 3. The minimum Gasteiger partial charge on any atom is -0.459 e. The zero-order chi connectivity index (χ0) is 10.8. The van der Waals surface area contributed by atoms with Crippen molar-refractivity contribution in [1.82, 2.24) is 0 Å². The summed E-state index contributed by atoms with van der Waals surface area (Å²) in [7, 11) is 0. The van der Waals surface area contributed by atoms with E-state index >= 15 is 0 Å². The summed E-state index contributed by atoms with van der Waals surface area (Å²) >= 11 is 7.99. The molecule has 1 fully saturated rings. The van der Waals surface area contributed by atoms with Crippen molar-refractivity contribution < 1.29 is 9.53 Å². The fourth-order valence-corrected chi connectivity index (χ4v) is 2.24. The normalized spacial score (nSPS) is 18.3. The lowest BCUT2D eigenvalue weighted by Crippen LogP contribution is -1.95. The van der Waals surface area contributed by atoms with Gasteiger partial charge in [0.2, 0.25) is 0 Å². The van der Waals surface area contributed by atoms with E-state index in [1.165, 1.54) is 0 Å². The van der Waals surface area contributed by atoms with Crippen molar-refractivity contribution in [2.45, 2.75) is 6.42 Å². The highest BCUT2D eigenvalue weighted by molar-refractivity contribution is 14.1. The molecular weight excluding hydrogens is 328 g/mol. The minimum absolute atomic E-state index is 0.210. The molecule has 0 bridgehead atoms. The predicted molar refractivity (Wildman–Crippen MR) is 66.8 cm³/mol. The van der Waals surface area contributed by atoms with Crippen molar-refractivity contribution in [3.8, 4) is 0 Å². The molecule has 1 aliphatic rings. The standard InChI is InChI=1S/C10H7ClINO2/c11-6-1-2-9(8(12)3-6)13-7-4-10(14)15-5-7/h1-3H,4-5H2. The lowest BCUT2D eigenvalue weighted by Gasteiger charge is -1.99. The molecule has 1 aromatic carbocycles. The maximum Gasteiger partial charge on any atom is 0.312 e. The molecule has 0 radical (unpaired) electrons. The van der Waals surface area contributed by atoms with Crippen molar-refractivity contribution in [2.75, 3.05) is 6.61 Å². The third-order valence-electron chi connectivity index (χ3n) is 1.94. The Bertz CT molecular complexity index is 445. The van der Waals surface area contributed by atoms with Gasteiger partial charge in [0.25, 0.3) is 0 Å². The number of carbonyl (C=O) groups is 1. The summed E-state index contributed by atoms with van der Waals surface area (Å²) in [5.74, 6) is -0.210. The molecule has 0 unspecified atom stereocenters. The Kier molecular flexibility index (Phi) is 3.25. The molecule has 0 aliphatic carbocycles. The van der Waals surface area contributed by atoms with Crippen molar-refractivity contribution in [3.05, 3.63) is 26.8 Å². The van der Waals surface area contributed by atoms with Crippen LogP contribution >= 0.6 is 34.2 Å². The molecule has 0 aromatic heterocycles. The van der Waals surface area contributed by atoms with Crippen molar-refractivity contribution in [3.63, 3.8) is 0 Å². The van der Waals surface area contributed by atoms with Crippen LogP contribution in [0.15, 0.2) is 23.2 Å². The van der Waals surface area contributed by atoms with E-state index in [4.69, 9.17) is 16.3 Å². The van der Waals surface area contributed by atoms with Crippen LogP contribution in [-0.2, 0) is 9.53 Å². The first-order chi connectivity index (χ1) is 7.15. The van der Waals surface area contributed by atoms with Crippen molar-refractivity contribution >= 4 is 51.6 Å². The molecule has 78 valence electrons. The van der Waals surface area contributed by atoms with Gasteiger partial charge in [-0.1, -0.05) is 11.6 Å². The number of benzene rings is 1. The van der Waals surface area contributed by atoms with Gasteiger partial charge in [-0.2, -0.15) is 0 Å². The fourth-order valence-electron chi connectivity index (χ4n) is 1.25. The van der Waals surface area contributed by atoms with Crippen LogP contribution < -0.4 is 0 Å². The largest absolute Gasteiger partial charge is 0.459 e. The van der Waals surface area contributed by atoms with E-state index in [1.807, 2.05) is 12.1 Å². The molecule has 0 N–H and O–H groups in total. The van der Waals surface area contributed by atoms with Crippen LogP contribution in [0.5, 0.6) is 0 Å². The molecule has 15 heavy (non-hydrogen) atoms. The lowest BCUT2D eigenvalue weighted by atomic mass is 10.3. The summed E-state index contributed by atoms with van der Waals surface area (Å²) in [5, 5.41) is 0.682. The van der Waals surface area contributed by atoms with Gasteiger partial charge in [-0.15, -0.1) is 0 Å². The first-order valence-electron chi connectivity index (χ1n) is 4.32. The quantitative estimate of drug-likeness (QED) is 0.584. The third-order valence-corrected chi connectivity index (χ3v) is 3.04. The molecule has 1 saturated heterocycles. The number of carbonyl (C=O) groups excluding carboxylic acids is 1. The van der Waals surface area contributed by atoms with E-state index in [2.05, 4.69) is 27.6 Å². The lowest BCUT2D eigenvalue weighted by molar-refractivity contribution is -0.137. The van der Waals surface area contributed by atoms with Crippen molar-refractivity contribution in [1.29, 1.82) is 0 Å². The third kappa shape index (κ3) is 2.69. The van der Waals surface area contributed by atoms with Gasteiger partial charge < -0.3 is 4.74 Å². The van der Waals surface area contributed by atoms with E-state index in [0.29, 0.717) is 18.1 Å². The second kappa shape index (κ2) is 4.49. The Labute approximate surface area is 106 Å². The molecule has 1 aliphatic heterocycles. The molecule has 0 spiro atoms. The molecule has 1 aromatic rings. The number of hydrogen-bond donors (Lipinski definition) is 0. The molecule has 3 nitrogen and oxygen atoms in total.